The lowest BCUT2D eigenvalue weighted by molar-refractivity contribution is 0.102. The third-order valence-electron chi connectivity index (χ3n) is 2.41. The van der Waals surface area contributed by atoms with Crippen molar-refractivity contribution in [3.05, 3.63) is 46.4 Å². The highest BCUT2D eigenvalue weighted by molar-refractivity contribution is 9.10. The van der Waals surface area contributed by atoms with E-state index < -0.39 is 5.91 Å². The molecule has 5 nitrogen and oxygen atoms in total. The normalized spacial score (nSPS) is 10.2. The number of nitrogen functional groups attached to an aromatic ring is 1. The molecule has 1 amide bonds. The minimum absolute atomic E-state index is 0.154. The first-order chi connectivity index (χ1) is 8.95. The Balaban J connectivity index is 2.25. The highest BCUT2D eigenvalue weighted by Crippen LogP contribution is 2.26. The number of phenolic OH excluding ortho intramolecular Hbond substituents is 2. The average molecular weight is 323 g/mol. The molecule has 0 aliphatic rings. The van der Waals surface area contributed by atoms with Gasteiger partial charge in [0.15, 0.2) is 0 Å². The molecule has 2 aromatic carbocycles. The minimum Gasteiger partial charge on any atom is -0.508 e. The van der Waals surface area contributed by atoms with Crippen molar-refractivity contribution in [2.24, 2.45) is 0 Å². The summed E-state index contributed by atoms with van der Waals surface area (Å²) in [5.41, 5.74) is 6.87. The number of nitrogens with one attached hydrogen (secondary N) is 1. The Bertz CT molecular complexity index is 624. The van der Waals surface area contributed by atoms with Crippen molar-refractivity contribution in [2.75, 3.05) is 11.1 Å². The van der Waals surface area contributed by atoms with E-state index in [1.165, 1.54) is 12.1 Å². The molecule has 0 aromatic heterocycles. The highest BCUT2D eigenvalue weighted by Gasteiger charge is 2.10. The van der Waals surface area contributed by atoms with Crippen LogP contribution in [0.25, 0.3) is 0 Å². The summed E-state index contributed by atoms with van der Waals surface area (Å²) >= 11 is 3.28. The summed E-state index contributed by atoms with van der Waals surface area (Å²) in [5.74, 6) is -0.806. The summed E-state index contributed by atoms with van der Waals surface area (Å²) in [6.07, 6.45) is 0. The lowest BCUT2D eigenvalue weighted by atomic mass is 10.2. The number of nitrogens with two attached hydrogens (primary N) is 1. The quantitative estimate of drug-likeness (QED) is 0.639. The monoisotopic (exact) mass is 322 g/mol. The molecular formula is C13H11BrN2O3. The lowest BCUT2D eigenvalue weighted by Crippen LogP contribution is -2.12. The van der Waals surface area contributed by atoms with E-state index in [9.17, 15) is 15.0 Å². The van der Waals surface area contributed by atoms with Crippen LogP contribution in [0, 0.1) is 0 Å². The molecule has 0 atom stereocenters. The zero-order valence-electron chi connectivity index (χ0n) is 9.72. The fraction of sp³-hybridized carbons (Fsp3) is 0. The van der Waals surface area contributed by atoms with Gasteiger partial charge in [-0.3, -0.25) is 4.79 Å². The Morgan fingerprint density at radius 3 is 2.32 bits per heavy atom. The highest BCUT2D eigenvalue weighted by atomic mass is 79.9. The summed E-state index contributed by atoms with van der Waals surface area (Å²) in [6.45, 7) is 0. The number of carbonyl (C=O) groups is 1. The molecule has 0 bridgehead atoms. The number of hydrogen-bond acceptors (Lipinski definition) is 4. The zero-order chi connectivity index (χ0) is 14.0. The molecular weight excluding hydrogens is 312 g/mol. The van der Waals surface area contributed by atoms with Crippen LogP contribution >= 0.6 is 15.9 Å². The fourth-order valence-electron chi connectivity index (χ4n) is 1.55. The van der Waals surface area contributed by atoms with Crippen molar-refractivity contribution in [1.82, 2.24) is 0 Å². The van der Waals surface area contributed by atoms with E-state index in [4.69, 9.17) is 5.73 Å². The number of benzene rings is 2. The second-order valence-electron chi connectivity index (χ2n) is 3.93. The summed E-state index contributed by atoms with van der Waals surface area (Å²) in [7, 11) is 0. The molecule has 0 aliphatic heterocycles. The van der Waals surface area contributed by atoms with Gasteiger partial charge in [-0.05, 0) is 46.3 Å². The van der Waals surface area contributed by atoms with Gasteiger partial charge in [0, 0.05) is 21.8 Å². The van der Waals surface area contributed by atoms with Crippen molar-refractivity contribution < 1.29 is 15.0 Å². The van der Waals surface area contributed by atoms with Crippen LogP contribution < -0.4 is 11.1 Å². The van der Waals surface area contributed by atoms with Gasteiger partial charge < -0.3 is 21.3 Å². The number of anilines is 2. The van der Waals surface area contributed by atoms with Gasteiger partial charge in [-0.2, -0.15) is 0 Å². The average Bonchev–Trinajstić information content (AvgIpc) is 2.31. The number of phenols is 2. The maximum absolute atomic E-state index is 12.0. The SMILES string of the molecule is Nc1ccc(NC(=O)c2cc(O)cc(O)c2)c(Br)c1. The van der Waals surface area contributed by atoms with Gasteiger partial charge in [-0.25, -0.2) is 0 Å². The van der Waals surface area contributed by atoms with Crippen molar-refractivity contribution in [3.8, 4) is 11.5 Å². The van der Waals surface area contributed by atoms with Gasteiger partial charge in [-0.15, -0.1) is 0 Å². The second kappa shape index (κ2) is 5.19. The topological polar surface area (TPSA) is 95.6 Å². The van der Waals surface area contributed by atoms with Crippen LogP contribution in [0.2, 0.25) is 0 Å². The van der Waals surface area contributed by atoms with Gasteiger partial charge in [0.1, 0.15) is 11.5 Å². The predicted molar refractivity (Wildman–Crippen MR) is 76.3 cm³/mol. The van der Waals surface area contributed by atoms with E-state index in [0.29, 0.717) is 15.8 Å². The van der Waals surface area contributed by atoms with Crippen LogP contribution in [-0.2, 0) is 0 Å². The third kappa shape index (κ3) is 3.17. The minimum atomic E-state index is -0.448. The molecule has 19 heavy (non-hydrogen) atoms. The van der Waals surface area contributed by atoms with Gasteiger partial charge in [0.05, 0.1) is 5.69 Å². The molecule has 0 heterocycles. The molecule has 98 valence electrons. The summed E-state index contributed by atoms with van der Waals surface area (Å²) in [4.78, 5) is 12.0. The van der Waals surface area contributed by atoms with Crippen molar-refractivity contribution >= 4 is 33.2 Å². The maximum Gasteiger partial charge on any atom is 0.255 e. The van der Waals surface area contributed by atoms with Crippen LogP contribution in [0.1, 0.15) is 10.4 Å². The third-order valence-corrected chi connectivity index (χ3v) is 3.06. The van der Waals surface area contributed by atoms with E-state index in [2.05, 4.69) is 21.2 Å². The number of aromatic hydroxyl groups is 2. The van der Waals surface area contributed by atoms with Gasteiger partial charge in [0.25, 0.3) is 5.91 Å². The standard InChI is InChI=1S/C13H11BrN2O3/c14-11-5-8(15)1-2-12(11)16-13(19)7-3-9(17)6-10(18)4-7/h1-6,17-18H,15H2,(H,16,19). The Morgan fingerprint density at radius 2 is 1.74 bits per heavy atom. The predicted octanol–water partition coefficient (Wildman–Crippen LogP) is 2.69. The second-order valence-corrected chi connectivity index (χ2v) is 4.79. The number of carbonyl (C=O) groups excluding carboxylic acids is 1. The number of hydrogen-bond donors (Lipinski definition) is 4. The van der Waals surface area contributed by atoms with Crippen LogP contribution in [-0.4, -0.2) is 16.1 Å². The van der Waals surface area contributed by atoms with Crippen LogP contribution in [0.4, 0.5) is 11.4 Å². The van der Waals surface area contributed by atoms with Crippen LogP contribution in [0.15, 0.2) is 40.9 Å². The summed E-state index contributed by atoms with van der Waals surface area (Å²) < 4.78 is 0.644. The van der Waals surface area contributed by atoms with Crippen LogP contribution in [0.5, 0.6) is 11.5 Å². The van der Waals surface area contributed by atoms with E-state index in [1.54, 1.807) is 18.2 Å². The molecule has 5 N–H and O–H groups in total. The smallest absolute Gasteiger partial charge is 0.255 e. The van der Waals surface area contributed by atoms with Crippen molar-refractivity contribution in [3.63, 3.8) is 0 Å². The van der Waals surface area contributed by atoms with Crippen molar-refractivity contribution in [1.29, 1.82) is 0 Å². The number of rotatable bonds is 2. The molecule has 2 aromatic rings. The molecule has 0 radical (unpaired) electrons. The van der Waals surface area contributed by atoms with E-state index in [1.807, 2.05) is 0 Å². The molecule has 2 rings (SSSR count). The Morgan fingerprint density at radius 1 is 1.11 bits per heavy atom. The Labute approximate surface area is 117 Å². The summed E-state index contributed by atoms with van der Waals surface area (Å²) in [6, 6.07) is 8.65. The molecule has 0 fully saturated rings. The molecule has 0 unspecified atom stereocenters. The molecule has 6 heteroatoms. The van der Waals surface area contributed by atoms with E-state index in [-0.39, 0.29) is 17.1 Å². The van der Waals surface area contributed by atoms with Crippen LogP contribution in [0.3, 0.4) is 0 Å². The summed E-state index contributed by atoms with van der Waals surface area (Å²) in [5, 5.41) is 21.3. The van der Waals surface area contributed by atoms with E-state index in [0.717, 1.165) is 6.07 Å². The van der Waals surface area contributed by atoms with Gasteiger partial charge in [-0.1, -0.05) is 0 Å². The largest absolute Gasteiger partial charge is 0.508 e. The lowest BCUT2D eigenvalue weighted by Gasteiger charge is -2.08. The zero-order valence-corrected chi connectivity index (χ0v) is 11.3. The molecule has 0 saturated carbocycles. The van der Waals surface area contributed by atoms with Gasteiger partial charge >= 0.3 is 0 Å². The van der Waals surface area contributed by atoms with Gasteiger partial charge in [0.2, 0.25) is 0 Å². The Hall–Kier alpha value is -2.21. The fourth-order valence-corrected chi connectivity index (χ4v) is 2.05. The number of amides is 1. The number of halogens is 1. The molecule has 0 spiro atoms. The maximum atomic E-state index is 12.0. The molecule has 0 aliphatic carbocycles. The Kier molecular flexibility index (Phi) is 3.62. The first kappa shape index (κ1) is 13.2. The van der Waals surface area contributed by atoms with Crippen molar-refractivity contribution in [2.45, 2.75) is 0 Å². The first-order valence-corrected chi connectivity index (χ1v) is 6.14. The molecule has 0 saturated heterocycles. The first-order valence-electron chi connectivity index (χ1n) is 5.35. The van der Waals surface area contributed by atoms with E-state index >= 15 is 0 Å².